The Hall–Kier alpha value is -1.60. The molecule has 1 aliphatic carbocycles. The minimum atomic E-state index is -4.41. The SMILES string of the molecule is CC(C)(C)c1ccc(N2CC[C@]3(CC[C@@](O)(COCC(F)(F)F)CC3)C2=O)cc1. The second-order valence-corrected chi connectivity index (χ2v) is 9.62. The molecule has 1 saturated carbocycles. The molecule has 2 aliphatic rings. The van der Waals surface area contributed by atoms with Crippen LogP contribution in [0.25, 0.3) is 0 Å². The largest absolute Gasteiger partial charge is 0.411 e. The molecule has 1 aromatic carbocycles. The Morgan fingerprint density at radius 1 is 1.03 bits per heavy atom. The first-order valence-corrected chi connectivity index (χ1v) is 10.1. The van der Waals surface area contributed by atoms with E-state index in [2.05, 4.69) is 25.5 Å². The highest BCUT2D eigenvalue weighted by molar-refractivity contribution is 6.00. The molecule has 1 aliphatic heterocycles. The van der Waals surface area contributed by atoms with E-state index < -0.39 is 23.8 Å². The molecule has 0 atom stereocenters. The molecule has 2 fully saturated rings. The Labute approximate surface area is 170 Å². The number of rotatable bonds is 4. The predicted molar refractivity (Wildman–Crippen MR) is 105 cm³/mol. The molecule has 1 heterocycles. The summed E-state index contributed by atoms with van der Waals surface area (Å²) in [6.07, 6.45) is -2.23. The number of aliphatic hydroxyl groups is 1. The third-order valence-corrected chi connectivity index (χ3v) is 6.33. The zero-order valence-electron chi connectivity index (χ0n) is 17.3. The van der Waals surface area contributed by atoms with Crippen LogP contribution in [0.2, 0.25) is 0 Å². The minimum Gasteiger partial charge on any atom is -0.387 e. The Morgan fingerprint density at radius 3 is 2.14 bits per heavy atom. The van der Waals surface area contributed by atoms with E-state index in [4.69, 9.17) is 0 Å². The smallest absolute Gasteiger partial charge is 0.387 e. The molecule has 1 N–H and O–H groups in total. The van der Waals surface area contributed by atoms with Crippen molar-refractivity contribution in [2.24, 2.45) is 5.41 Å². The van der Waals surface area contributed by atoms with Gasteiger partial charge in [-0.15, -0.1) is 0 Å². The minimum absolute atomic E-state index is 0.0385. The first kappa shape index (κ1) is 22.1. The molecule has 0 bridgehead atoms. The Bertz CT molecular complexity index is 729. The molecule has 1 spiro atoms. The number of nitrogens with zero attached hydrogens (tertiary/aromatic N) is 1. The molecular weight excluding hydrogens is 383 g/mol. The third kappa shape index (κ3) is 4.94. The van der Waals surface area contributed by atoms with Crippen molar-refractivity contribution >= 4 is 11.6 Å². The molecule has 1 aromatic rings. The summed E-state index contributed by atoms with van der Waals surface area (Å²) < 4.78 is 41.5. The molecule has 0 unspecified atom stereocenters. The molecular formula is C22H30F3NO3. The number of benzene rings is 1. The number of alkyl halides is 3. The lowest BCUT2D eigenvalue weighted by atomic mass is 9.68. The maximum absolute atomic E-state index is 13.2. The third-order valence-electron chi connectivity index (χ3n) is 6.33. The van der Waals surface area contributed by atoms with Gasteiger partial charge in [0.1, 0.15) is 6.61 Å². The number of ether oxygens (including phenoxy) is 1. The highest BCUT2D eigenvalue weighted by atomic mass is 19.4. The lowest BCUT2D eigenvalue weighted by molar-refractivity contribution is -0.191. The fourth-order valence-electron chi connectivity index (χ4n) is 4.37. The average molecular weight is 413 g/mol. The lowest BCUT2D eigenvalue weighted by Gasteiger charge is -2.40. The first-order valence-electron chi connectivity index (χ1n) is 10.1. The Morgan fingerprint density at radius 2 is 1.62 bits per heavy atom. The maximum atomic E-state index is 13.2. The topological polar surface area (TPSA) is 49.8 Å². The summed E-state index contributed by atoms with van der Waals surface area (Å²) in [6.45, 7) is 5.32. The molecule has 7 heteroatoms. The van der Waals surface area contributed by atoms with Crippen LogP contribution in [-0.2, 0) is 14.9 Å². The van der Waals surface area contributed by atoms with Gasteiger partial charge in [-0.1, -0.05) is 32.9 Å². The van der Waals surface area contributed by atoms with Gasteiger partial charge in [-0.05, 0) is 55.2 Å². The van der Waals surface area contributed by atoms with Crippen LogP contribution in [0.5, 0.6) is 0 Å². The van der Waals surface area contributed by atoms with Gasteiger partial charge >= 0.3 is 6.18 Å². The molecule has 1 amide bonds. The van der Waals surface area contributed by atoms with Crippen LogP contribution >= 0.6 is 0 Å². The molecule has 162 valence electrons. The summed E-state index contributed by atoms with van der Waals surface area (Å²) in [5, 5.41) is 10.6. The molecule has 29 heavy (non-hydrogen) atoms. The zero-order valence-corrected chi connectivity index (χ0v) is 17.3. The van der Waals surface area contributed by atoms with Crippen molar-refractivity contribution in [3.8, 4) is 0 Å². The zero-order chi connectivity index (χ0) is 21.5. The fraction of sp³-hybridized carbons (Fsp3) is 0.682. The summed E-state index contributed by atoms with van der Waals surface area (Å²) >= 11 is 0. The average Bonchev–Trinajstić information content (AvgIpc) is 2.93. The van der Waals surface area contributed by atoms with Gasteiger partial charge in [0.2, 0.25) is 5.91 Å². The summed E-state index contributed by atoms with van der Waals surface area (Å²) in [6, 6.07) is 8.04. The monoisotopic (exact) mass is 413 g/mol. The van der Waals surface area contributed by atoms with Gasteiger partial charge < -0.3 is 14.7 Å². The number of halogens is 3. The van der Waals surface area contributed by atoms with Crippen molar-refractivity contribution in [2.45, 2.75) is 70.1 Å². The quantitative estimate of drug-likeness (QED) is 0.785. The molecule has 0 radical (unpaired) electrons. The van der Waals surface area contributed by atoms with E-state index >= 15 is 0 Å². The summed E-state index contributed by atoms with van der Waals surface area (Å²) in [5.41, 5.74) is 0.285. The van der Waals surface area contributed by atoms with Gasteiger partial charge in [0.15, 0.2) is 0 Å². The van der Waals surface area contributed by atoms with Crippen LogP contribution in [0.15, 0.2) is 24.3 Å². The van der Waals surface area contributed by atoms with Crippen molar-refractivity contribution in [2.75, 3.05) is 24.7 Å². The van der Waals surface area contributed by atoms with E-state index in [1.165, 1.54) is 5.56 Å². The summed E-state index contributed by atoms with van der Waals surface area (Å²) in [7, 11) is 0. The van der Waals surface area contributed by atoms with E-state index in [-0.39, 0.29) is 30.8 Å². The van der Waals surface area contributed by atoms with Crippen molar-refractivity contribution in [3.05, 3.63) is 29.8 Å². The fourth-order valence-corrected chi connectivity index (χ4v) is 4.37. The van der Waals surface area contributed by atoms with Gasteiger partial charge in [-0.25, -0.2) is 0 Å². The predicted octanol–water partition coefficient (Wildman–Crippen LogP) is 4.59. The summed E-state index contributed by atoms with van der Waals surface area (Å²) in [4.78, 5) is 15.0. The van der Waals surface area contributed by atoms with Crippen molar-refractivity contribution < 1.29 is 27.8 Å². The lowest BCUT2D eigenvalue weighted by Crippen LogP contribution is -2.46. The van der Waals surface area contributed by atoms with Gasteiger partial charge in [-0.3, -0.25) is 4.79 Å². The highest BCUT2D eigenvalue weighted by Gasteiger charge is 2.51. The number of amides is 1. The van der Waals surface area contributed by atoms with E-state index in [0.717, 1.165) is 5.69 Å². The van der Waals surface area contributed by atoms with Gasteiger partial charge in [0.05, 0.1) is 17.6 Å². The maximum Gasteiger partial charge on any atom is 0.411 e. The van der Waals surface area contributed by atoms with E-state index in [1.54, 1.807) is 4.90 Å². The van der Waals surface area contributed by atoms with E-state index in [9.17, 15) is 23.1 Å². The first-order chi connectivity index (χ1) is 13.3. The van der Waals surface area contributed by atoms with Crippen LogP contribution < -0.4 is 4.90 Å². The highest BCUT2D eigenvalue weighted by Crippen LogP contribution is 2.48. The summed E-state index contributed by atoms with van der Waals surface area (Å²) in [5.74, 6) is 0.0549. The number of carbonyl (C=O) groups is 1. The normalized spacial score (nSPS) is 28.4. The second-order valence-electron chi connectivity index (χ2n) is 9.62. The van der Waals surface area contributed by atoms with Crippen LogP contribution in [-0.4, -0.2) is 42.5 Å². The van der Waals surface area contributed by atoms with E-state index in [1.807, 2.05) is 24.3 Å². The van der Waals surface area contributed by atoms with E-state index in [0.29, 0.717) is 25.8 Å². The second kappa shape index (κ2) is 7.58. The van der Waals surface area contributed by atoms with Gasteiger partial charge in [0.25, 0.3) is 0 Å². The van der Waals surface area contributed by atoms with Crippen LogP contribution in [0.4, 0.5) is 18.9 Å². The van der Waals surface area contributed by atoms with Crippen LogP contribution in [0, 0.1) is 5.41 Å². The van der Waals surface area contributed by atoms with Gasteiger partial charge in [0, 0.05) is 12.2 Å². The van der Waals surface area contributed by atoms with Crippen LogP contribution in [0.1, 0.15) is 58.4 Å². The van der Waals surface area contributed by atoms with Crippen molar-refractivity contribution in [3.63, 3.8) is 0 Å². The number of hydrogen-bond acceptors (Lipinski definition) is 3. The van der Waals surface area contributed by atoms with Crippen molar-refractivity contribution in [1.82, 2.24) is 0 Å². The number of carbonyl (C=O) groups excluding carboxylic acids is 1. The molecule has 1 saturated heterocycles. The molecule has 3 rings (SSSR count). The number of anilines is 1. The van der Waals surface area contributed by atoms with Crippen LogP contribution in [0.3, 0.4) is 0 Å². The Balaban J connectivity index is 1.61. The molecule has 0 aromatic heterocycles. The van der Waals surface area contributed by atoms with Gasteiger partial charge in [-0.2, -0.15) is 13.2 Å². The standard InChI is InChI=1S/C22H30F3NO3/c1-19(2,3)16-4-6-17(7-5-16)26-13-12-20(18(26)27)8-10-21(28,11-9-20)14-29-15-22(23,24)25/h4-7,28H,8-15H2,1-3H3/t20-,21+. The molecule has 4 nitrogen and oxygen atoms in total. The van der Waals surface area contributed by atoms with Crippen molar-refractivity contribution in [1.29, 1.82) is 0 Å². The Kier molecular flexibility index (Phi) is 5.78. The number of hydrogen-bond donors (Lipinski definition) is 1.